The molecule has 1 fully saturated rings. The molecule has 1 N–H and O–H groups in total. The molecular weight excluding hydrogens is 280 g/mol. The Bertz CT molecular complexity index is 668. The minimum absolute atomic E-state index is 0.0260. The third-order valence-corrected chi connectivity index (χ3v) is 4.05. The van der Waals surface area contributed by atoms with E-state index in [1.165, 1.54) is 7.11 Å². The van der Waals surface area contributed by atoms with Gasteiger partial charge in [0.05, 0.1) is 12.8 Å². The number of likely N-dealkylation sites (tertiary alicyclic amines) is 1. The Morgan fingerprint density at radius 1 is 1.50 bits per heavy atom. The van der Waals surface area contributed by atoms with Crippen molar-refractivity contribution in [2.45, 2.75) is 25.7 Å². The van der Waals surface area contributed by atoms with Gasteiger partial charge in [0.25, 0.3) is 5.91 Å². The van der Waals surface area contributed by atoms with Gasteiger partial charge >= 0.3 is 0 Å². The Hall–Kier alpha value is -2.37. The normalized spacial score (nSPS) is 18.3. The quantitative estimate of drug-likeness (QED) is 0.942. The third-order valence-electron chi connectivity index (χ3n) is 4.05. The number of aromatic nitrogens is 3. The Kier molecular flexibility index (Phi) is 4.09. The summed E-state index contributed by atoms with van der Waals surface area (Å²) in [5.74, 6) is 0.637. The molecule has 1 saturated heterocycles. The van der Waals surface area contributed by atoms with E-state index in [0.29, 0.717) is 18.0 Å². The summed E-state index contributed by atoms with van der Waals surface area (Å²) in [7, 11) is 1.53. The van der Waals surface area contributed by atoms with Crippen LogP contribution in [0.15, 0.2) is 24.4 Å². The summed E-state index contributed by atoms with van der Waals surface area (Å²) in [6.07, 6.45) is 3.66. The summed E-state index contributed by atoms with van der Waals surface area (Å²) in [5, 5.41) is 7.32. The van der Waals surface area contributed by atoms with E-state index < -0.39 is 0 Å². The molecule has 0 aliphatic carbocycles. The van der Waals surface area contributed by atoms with Gasteiger partial charge in [-0.2, -0.15) is 5.10 Å². The minimum atomic E-state index is -0.0260. The maximum atomic E-state index is 12.7. The van der Waals surface area contributed by atoms with E-state index in [1.807, 2.05) is 11.8 Å². The molecule has 1 aliphatic heterocycles. The lowest BCUT2D eigenvalue weighted by molar-refractivity contribution is 0.0701. The first kappa shape index (κ1) is 14.6. The molecule has 2 aromatic heterocycles. The minimum Gasteiger partial charge on any atom is -0.480 e. The summed E-state index contributed by atoms with van der Waals surface area (Å²) in [4.78, 5) is 18.7. The number of H-pyrrole nitrogens is 1. The first-order valence-electron chi connectivity index (χ1n) is 7.49. The number of carbonyl (C=O) groups excluding carboxylic acids is 1. The zero-order valence-electron chi connectivity index (χ0n) is 12.9. The number of nitrogens with one attached hydrogen (secondary N) is 1. The topological polar surface area (TPSA) is 71.1 Å². The van der Waals surface area contributed by atoms with Gasteiger partial charge in [-0.15, -0.1) is 0 Å². The molecule has 0 unspecified atom stereocenters. The Morgan fingerprint density at radius 2 is 2.36 bits per heavy atom. The van der Waals surface area contributed by atoms with Crippen molar-refractivity contribution in [1.29, 1.82) is 0 Å². The fourth-order valence-corrected chi connectivity index (χ4v) is 2.94. The average Bonchev–Trinajstić information content (AvgIpc) is 3.01. The highest BCUT2D eigenvalue weighted by Crippen LogP contribution is 2.28. The van der Waals surface area contributed by atoms with Crippen LogP contribution in [-0.2, 0) is 0 Å². The molecule has 116 valence electrons. The summed E-state index contributed by atoms with van der Waals surface area (Å²) in [6, 6.07) is 5.58. The van der Waals surface area contributed by atoms with Gasteiger partial charge < -0.3 is 9.64 Å². The molecule has 0 aromatic carbocycles. The van der Waals surface area contributed by atoms with Crippen molar-refractivity contribution in [3.63, 3.8) is 0 Å². The Labute approximate surface area is 129 Å². The van der Waals surface area contributed by atoms with E-state index in [4.69, 9.17) is 4.74 Å². The number of carbonyl (C=O) groups is 1. The number of aromatic amines is 1. The zero-order chi connectivity index (χ0) is 15.5. The van der Waals surface area contributed by atoms with Crippen LogP contribution in [-0.4, -0.2) is 46.2 Å². The summed E-state index contributed by atoms with van der Waals surface area (Å²) in [6.45, 7) is 3.43. The predicted octanol–water partition coefficient (Wildman–Crippen LogP) is 2.14. The van der Waals surface area contributed by atoms with Crippen LogP contribution in [0, 0.1) is 6.92 Å². The Morgan fingerprint density at radius 3 is 3.09 bits per heavy atom. The Balaban J connectivity index is 1.78. The molecule has 3 heterocycles. The lowest BCUT2D eigenvalue weighted by Crippen LogP contribution is -2.39. The second-order valence-corrected chi connectivity index (χ2v) is 5.63. The zero-order valence-corrected chi connectivity index (χ0v) is 12.9. The van der Waals surface area contributed by atoms with E-state index in [2.05, 4.69) is 21.2 Å². The fourth-order valence-electron chi connectivity index (χ4n) is 2.94. The van der Waals surface area contributed by atoms with Gasteiger partial charge in [0.1, 0.15) is 5.56 Å². The van der Waals surface area contributed by atoms with E-state index in [9.17, 15) is 4.79 Å². The van der Waals surface area contributed by atoms with E-state index in [-0.39, 0.29) is 11.8 Å². The maximum Gasteiger partial charge on any atom is 0.259 e. The highest BCUT2D eigenvalue weighted by Gasteiger charge is 2.28. The van der Waals surface area contributed by atoms with Crippen LogP contribution in [0.1, 0.15) is 40.5 Å². The van der Waals surface area contributed by atoms with Crippen molar-refractivity contribution in [1.82, 2.24) is 20.1 Å². The first-order chi connectivity index (χ1) is 10.7. The predicted molar refractivity (Wildman–Crippen MR) is 82.0 cm³/mol. The molecule has 0 bridgehead atoms. The lowest BCUT2D eigenvalue weighted by atomic mass is 9.94. The summed E-state index contributed by atoms with van der Waals surface area (Å²) in [5.41, 5.74) is 2.60. The molecule has 22 heavy (non-hydrogen) atoms. The van der Waals surface area contributed by atoms with Crippen LogP contribution in [0.3, 0.4) is 0 Å². The van der Waals surface area contributed by atoms with Gasteiger partial charge in [0.15, 0.2) is 0 Å². The molecular formula is C16H20N4O2. The second kappa shape index (κ2) is 6.17. The second-order valence-electron chi connectivity index (χ2n) is 5.63. The lowest BCUT2D eigenvalue weighted by Gasteiger charge is -2.32. The van der Waals surface area contributed by atoms with E-state index in [1.54, 1.807) is 18.3 Å². The summed E-state index contributed by atoms with van der Waals surface area (Å²) >= 11 is 0. The number of hydrogen-bond acceptors (Lipinski definition) is 4. The molecule has 0 radical (unpaired) electrons. The number of rotatable bonds is 3. The summed E-state index contributed by atoms with van der Waals surface area (Å²) < 4.78 is 5.20. The number of piperidine rings is 1. The smallest absolute Gasteiger partial charge is 0.259 e. The van der Waals surface area contributed by atoms with Crippen molar-refractivity contribution in [2.24, 2.45) is 0 Å². The van der Waals surface area contributed by atoms with Gasteiger partial charge in [0.2, 0.25) is 5.88 Å². The number of nitrogens with zero attached hydrogens (tertiary/aromatic N) is 3. The van der Waals surface area contributed by atoms with Gasteiger partial charge in [-0.25, -0.2) is 4.98 Å². The number of ether oxygens (including phenoxy) is 1. The number of aryl methyl sites for hydroxylation is 1. The number of pyridine rings is 1. The number of methoxy groups -OCH3 is 1. The average molecular weight is 300 g/mol. The first-order valence-corrected chi connectivity index (χ1v) is 7.49. The van der Waals surface area contributed by atoms with Crippen LogP contribution in [0.5, 0.6) is 5.88 Å². The van der Waals surface area contributed by atoms with Gasteiger partial charge in [-0.3, -0.25) is 9.89 Å². The standard InChI is InChI=1S/C16H20N4O2/c1-11-9-14(19-18-11)12-5-4-8-20(10-12)16(21)13-6-3-7-17-15(13)22-2/h3,6-7,9,12H,4-5,8,10H2,1-2H3,(H,18,19)/t12-/m0/s1. The van der Waals surface area contributed by atoms with Crippen molar-refractivity contribution >= 4 is 5.91 Å². The van der Waals surface area contributed by atoms with Gasteiger partial charge in [0, 0.05) is 30.9 Å². The van der Waals surface area contributed by atoms with Crippen LogP contribution in [0.25, 0.3) is 0 Å². The van der Waals surface area contributed by atoms with Crippen molar-refractivity contribution in [2.75, 3.05) is 20.2 Å². The SMILES string of the molecule is COc1ncccc1C(=O)N1CCC[C@H](c2cc(C)[nH]n2)C1. The molecule has 6 heteroatoms. The molecule has 0 spiro atoms. The maximum absolute atomic E-state index is 12.7. The van der Waals surface area contributed by atoms with Crippen LogP contribution in [0.4, 0.5) is 0 Å². The van der Waals surface area contributed by atoms with Crippen LogP contribution in [0.2, 0.25) is 0 Å². The number of amides is 1. The van der Waals surface area contributed by atoms with Gasteiger partial charge in [-0.05, 0) is 38.0 Å². The molecule has 0 saturated carbocycles. The largest absolute Gasteiger partial charge is 0.480 e. The molecule has 1 amide bonds. The van der Waals surface area contributed by atoms with Crippen molar-refractivity contribution in [3.05, 3.63) is 41.3 Å². The van der Waals surface area contributed by atoms with Gasteiger partial charge in [-0.1, -0.05) is 0 Å². The van der Waals surface area contributed by atoms with Crippen molar-refractivity contribution < 1.29 is 9.53 Å². The van der Waals surface area contributed by atoms with E-state index >= 15 is 0 Å². The highest BCUT2D eigenvalue weighted by atomic mass is 16.5. The van der Waals surface area contributed by atoms with Crippen molar-refractivity contribution in [3.8, 4) is 5.88 Å². The number of hydrogen-bond donors (Lipinski definition) is 1. The molecule has 1 atom stereocenters. The monoisotopic (exact) mass is 300 g/mol. The highest BCUT2D eigenvalue weighted by molar-refractivity contribution is 5.96. The third kappa shape index (κ3) is 2.81. The van der Waals surface area contributed by atoms with E-state index in [0.717, 1.165) is 30.8 Å². The molecule has 6 nitrogen and oxygen atoms in total. The molecule has 2 aromatic rings. The molecule has 1 aliphatic rings. The van der Waals surface area contributed by atoms with Crippen LogP contribution < -0.4 is 4.74 Å². The fraction of sp³-hybridized carbons (Fsp3) is 0.438. The van der Waals surface area contributed by atoms with Crippen LogP contribution >= 0.6 is 0 Å². The molecule has 3 rings (SSSR count).